The fourth-order valence-electron chi connectivity index (χ4n) is 3.38. The number of ether oxygens (including phenoxy) is 1. The second kappa shape index (κ2) is 6.86. The largest absolute Gasteiger partial charge is 0.483 e. The number of hydrogen-bond donors (Lipinski definition) is 0. The topological polar surface area (TPSA) is 60.2 Å². The number of halogens is 3. The number of pyridine rings is 1. The number of amides is 1. The standard InChI is InChI=1S/C18H21F3N4O2/c1-17(2)10-25(9-14(17)12-6-23-24(3)8-12)16(26)15-5-4-13(7-22-15)27-11-18(19,20)21/h4-8,14H,9-11H2,1-3H3. The van der Waals surface area contributed by atoms with Gasteiger partial charge < -0.3 is 9.64 Å². The van der Waals surface area contributed by atoms with E-state index in [-0.39, 0.29) is 28.7 Å². The minimum absolute atomic E-state index is 0.0288. The second-order valence-corrected chi connectivity index (χ2v) is 7.46. The maximum Gasteiger partial charge on any atom is 0.422 e. The number of nitrogens with zero attached hydrogens (tertiary/aromatic N) is 4. The van der Waals surface area contributed by atoms with Crippen LogP contribution in [0.5, 0.6) is 5.75 Å². The number of aromatic nitrogens is 3. The predicted octanol–water partition coefficient (Wildman–Crippen LogP) is 3.02. The number of hydrogen-bond acceptors (Lipinski definition) is 4. The molecule has 0 aliphatic carbocycles. The van der Waals surface area contributed by atoms with Gasteiger partial charge in [0.2, 0.25) is 0 Å². The summed E-state index contributed by atoms with van der Waals surface area (Å²) >= 11 is 0. The molecule has 0 radical (unpaired) electrons. The van der Waals surface area contributed by atoms with E-state index in [0.717, 1.165) is 11.8 Å². The smallest absolute Gasteiger partial charge is 0.422 e. The SMILES string of the molecule is Cn1cc(C2CN(C(=O)c3ccc(OCC(F)(F)F)cn3)CC2(C)C)cn1. The summed E-state index contributed by atoms with van der Waals surface area (Å²) in [4.78, 5) is 18.5. The van der Waals surface area contributed by atoms with Gasteiger partial charge in [-0.2, -0.15) is 18.3 Å². The van der Waals surface area contributed by atoms with E-state index in [4.69, 9.17) is 0 Å². The normalized spacial score (nSPS) is 19.3. The molecule has 9 heteroatoms. The lowest BCUT2D eigenvalue weighted by Crippen LogP contribution is -2.30. The molecule has 0 N–H and O–H groups in total. The first kappa shape index (κ1) is 19.2. The molecule has 2 aromatic heterocycles. The van der Waals surface area contributed by atoms with Crippen molar-refractivity contribution in [2.75, 3.05) is 19.7 Å². The molecule has 0 saturated carbocycles. The van der Waals surface area contributed by atoms with Crippen LogP contribution in [-0.2, 0) is 7.05 Å². The van der Waals surface area contributed by atoms with E-state index in [1.807, 2.05) is 19.4 Å². The van der Waals surface area contributed by atoms with Crippen molar-refractivity contribution in [3.63, 3.8) is 0 Å². The Morgan fingerprint density at radius 2 is 2.07 bits per heavy atom. The second-order valence-electron chi connectivity index (χ2n) is 7.46. The van der Waals surface area contributed by atoms with Crippen LogP contribution in [0.4, 0.5) is 13.2 Å². The minimum atomic E-state index is -4.42. The number of carbonyl (C=O) groups excluding carboxylic acids is 1. The Morgan fingerprint density at radius 1 is 1.33 bits per heavy atom. The van der Waals surface area contributed by atoms with Gasteiger partial charge in [0.05, 0.1) is 12.4 Å². The first-order valence-corrected chi connectivity index (χ1v) is 8.48. The summed E-state index contributed by atoms with van der Waals surface area (Å²) in [7, 11) is 1.85. The molecular formula is C18H21F3N4O2. The first-order valence-electron chi connectivity index (χ1n) is 8.48. The van der Waals surface area contributed by atoms with E-state index in [9.17, 15) is 18.0 Å². The minimum Gasteiger partial charge on any atom is -0.483 e. The molecule has 27 heavy (non-hydrogen) atoms. The average Bonchev–Trinajstić information content (AvgIpc) is 3.14. The molecule has 1 unspecified atom stereocenters. The lowest BCUT2D eigenvalue weighted by molar-refractivity contribution is -0.153. The number of alkyl halides is 3. The van der Waals surface area contributed by atoms with Gasteiger partial charge in [-0.05, 0) is 23.1 Å². The predicted molar refractivity (Wildman–Crippen MR) is 91.4 cm³/mol. The molecule has 1 aliphatic rings. The molecule has 6 nitrogen and oxygen atoms in total. The maximum absolute atomic E-state index is 12.8. The van der Waals surface area contributed by atoms with Crippen LogP contribution in [-0.4, -0.2) is 51.4 Å². The van der Waals surface area contributed by atoms with Crippen molar-refractivity contribution in [2.24, 2.45) is 12.5 Å². The van der Waals surface area contributed by atoms with Crippen molar-refractivity contribution < 1.29 is 22.7 Å². The summed E-state index contributed by atoms with van der Waals surface area (Å²) in [6, 6.07) is 2.71. The summed E-state index contributed by atoms with van der Waals surface area (Å²) in [6.07, 6.45) is 0.479. The van der Waals surface area contributed by atoms with Gasteiger partial charge in [0.1, 0.15) is 11.4 Å². The lowest BCUT2D eigenvalue weighted by atomic mass is 9.79. The third kappa shape index (κ3) is 4.40. The highest BCUT2D eigenvalue weighted by atomic mass is 19.4. The molecular weight excluding hydrogens is 361 g/mol. The van der Waals surface area contributed by atoms with Crippen LogP contribution < -0.4 is 4.74 Å². The Morgan fingerprint density at radius 3 is 2.63 bits per heavy atom. The highest BCUT2D eigenvalue weighted by Crippen LogP contribution is 2.42. The summed E-state index contributed by atoms with van der Waals surface area (Å²) in [5, 5.41) is 4.21. The molecule has 0 aromatic carbocycles. The monoisotopic (exact) mass is 382 g/mol. The van der Waals surface area contributed by atoms with Gasteiger partial charge in [-0.3, -0.25) is 9.48 Å². The molecule has 3 rings (SSSR count). The van der Waals surface area contributed by atoms with Crippen LogP contribution in [0.25, 0.3) is 0 Å². The van der Waals surface area contributed by atoms with Crippen molar-refractivity contribution in [1.29, 1.82) is 0 Å². The molecule has 3 heterocycles. The first-order chi connectivity index (χ1) is 12.5. The quantitative estimate of drug-likeness (QED) is 0.816. The maximum atomic E-state index is 12.8. The van der Waals surface area contributed by atoms with Gasteiger partial charge in [-0.1, -0.05) is 13.8 Å². The van der Waals surface area contributed by atoms with E-state index in [1.54, 1.807) is 9.58 Å². The van der Waals surface area contributed by atoms with E-state index in [1.165, 1.54) is 12.1 Å². The molecule has 2 aromatic rings. The van der Waals surface area contributed by atoms with Crippen LogP contribution in [0.1, 0.15) is 35.8 Å². The highest BCUT2D eigenvalue weighted by molar-refractivity contribution is 5.92. The fourth-order valence-corrected chi connectivity index (χ4v) is 3.38. The van der Waals surface area contributed by atoms with Crippen LogP contribution in [0.2, 0.25) is 0 Å². The zero-order valence-corrected chi connectivity index (χ0v) is 15.3. The Bertz CT molecular complexity index is 815. The molecule has 0 bridgehead atoms. The van der Waals surface area contributed by atoms with Crippen molar-refractivity contribution in [3.8, 4) is 5.75 Å². The van der Waals surface area contributed by atoms with Crippen LogP contribution in [0.3, 0.4) is 0 Å². The van der Waals surface area contributed by atoms with Gasteiger partial charge >= 0.3 is 6.18 Å². The molecule has 1 fully saturated rings. The van der Waals surface area contributed by atoms with Gasteiger partial charge in [-0.25, -0.2) is 4.98 Å². The van der Waals surface area contributed by atoms with E-state index in [0.29, 0.717) is 13.1 Å². The molecule has 1 saturated heterocycles. The van der Waals surface area contributed by atoms with Crippen molar-refractivity contribution in [1.82, 2.24) is 19.7 Å². The summed E-state index contributed by atoms with van der Waals surface area (Å²) in [5.74, 6) is -0.139. The van der Waals surface area contributed by atoms with Crippen molar-refractivity contribution in [3.05, 3.63) is 42.0 Å². The van der Waals surface area contributed by atoms with Gasteiger partial charge in [-0.15, -0.1) is 0 Å². The van der Waals surface area contributed by atoms with E-state index < -0.39 is 12.8 Å². The van der Waals surface area contributed by atoms with Crippen molar-refractivity contribution in [2.45, 2.75) is 25.9 Å². The van der Waals surface area contributed by atoms with Gasteiger partial charge in [0.25, 0.3) is 5.91 Å². The zero-order valence-electron chi connectivity index (χ0n) is 15.3. The summed E-state index contributed by atoms with van der Waals surface area (Å²) in [5.41, 5.74) is 1.12. The Kier molecular flexibility index (Phi) is 4.88. The fraction of sp³-hybridized carbons (Fsp3) is 0.500. The molecule has 1 aliphatic heterocycles. The number of rotatable bonds is 4. The average molecular weight is 382 g/mol. The number of carbonyl (C=O) groups is 1. The number of likely N-dealkylation sites (tertiary alicyclic amines) is 1. The Labute approximate surface area is 154 Å². The van der Waals surface area contributed by atoms with Gasteiger partial charge in [0, 0.05) is 32.3 Å². The van der Waals surface area contributed by atoms with E-state index in [2.05, 4.69) is 28.7 Å². The van der Waals surface area contributed by atoms with Crippen LogP contribution in [0, 0.1) is 5.41 Å². The van der Waals surface area contributed by atoms with Crippen molar-refractivity contribution >= 4 is 5.91 Å². The summed E-state index contributed by atoms with van der Waals surface area (Å²) < 4.78 is 42.9. The Balaban J connectivity index is 1.69. The Hall–Kier alpha value is -2.58. The zero-order chi connectivity index (χ0) is 19.8. The highest BCUT2D eigenvalue weighted by Gasteiger charge is 2.43. The number of aryl methyl sites for hydroxylation is 1. The van der Waals surface area contributed by atoms with Crippen LogP contribution >= 0.6 is 0 Å². The molecule has 1 amide bonds. The van der Waals surface area contributed by atoms with Crippen LogP contribution in [0.15, 0.2) is 30.7 Å². The third-order valence-electron chi connectivity index (χ3n) is 4.72. The third-order valence-corrected chi connectivity index (χ3v) is 4.72. The van der Waals surface area contributed by atoms with Gasteiger partial charge in [0.15, 0.2) is 6.61 Å². The molecule has 0 spiro atoms. The lowest BCUT2D eigenvalue weighted by Gasteiger charge is -2.24. The summed E-state index contributed by atoms with van der Waals surface area (Å²) in [6.45, 7) is 3.89. The van der Waals surface area contributed by atoms with E-state index >= 15 is 0 Å². The molecule has 1 atom stereocenters. The molecule has 146 valence electrons.